The Balaban J connectivity index is 0.00000486. The molecule has 4 amide bonds. The van der Waals surface area contributed by atoms with E-state index < -0.39 is 46.8 Å². The fourth-order valence-electron chi connectivity index (χ4n) is 6.04. The minimum absolute atomic E-state index is 0. The maximum Gasteiger partial charge on any atom is 1.00 e. The second-order valence-corrected chi connectivity index (χ2v) is 13.7. The Bertz CT molecular complexity index is 1870. The van der Waals surface area contributed by atoms with E-state index in [1.807, 2.05) is 0 Å². The first-order valence-corrected chi connectivity index (χ1v) is 17.3. The molecule has 258 valence electrons. The molecule has 0 spiro atoms. The van der Waals surface area contributed by atoms with Gasteiger partial charge in [-0.3, -0.25) is 29.2 Å². The molecule has 3 aromatic rings. The third-order valence-electron chi connectivity index (χ3n) is 8.43. The Morgan fingerprint density at radius 1 is 1.20 bits per heavy atom. The standard InChI is InChI=1S/C29H33N11O7S2.Na/c1-38-29(35-36-37-38)49-13-15-12-48-25-19(24(44)40(25)21(15)26(45)46)33-23(43)20(14-7-9-17(41)10-8-14)39(27(30)47)18-11-31-28(34-22(18)42)32-16-5-3-2-4-6-16;/h7-11,16,19-20,25,41H,2-6,12-13H2,1H3,(H2,30,47)(H,33,43)(H,45,46)(H2,31,32,34,42);/q;+1/p-1/t19?,20?,25-;/m0./s1. The number of aromatic hydroxyl groups is 1. The number of primary amides is 1. The normalized spacial score (nSPS) is 19.5. The van der Waals surface area contributed by atoms with E-state index in [0.717, 1.165) is 48.1 Å². The molecular weight excluding hydrogens is 702 g/mol. The molecule has 2 unspecified atom stereocenters. The zero-order valence-corrected chi connectivity index (χ0v) is 30.7. The van der Waals surface area contributed by atoms with Gasteiger partial charge in [-0.1, -0.05) is 43.2 Å². The van der Waals surface area contributed by atoms with Gasteiger partial charge in [-0.15, -0.1) is 16.9 Å². The van der Waals surface area contributed by atoms with E-state index in [0.29, 0.717) is 10.7 Å². The van der Waals surface area contributed by atoms with Crippen LogP contribution in [0.5, 0.6) is 5.75 Å². The predicted molar refractivity (Wildman–Crippen MR) is 175 cm³/mol. The molecule has 6 rings (SSSR count). The van der Waals surface area contributed by atoms with Crippen molar-refractivity contribution in [3.8, 4) is 5.75 Å². The van der Waals surface area contributed by atoms with Crippen LogP contribution in [0.3, 0.4) is 0 Å². The smallest absolute Gasteiger partial charge is 0.543 e. The van der Waals surface area contributed by atoms with Crippen LogP contribution in [-0.2, 0) is 21.4 Å². The monoisotopic (exact) mass is 733 g/mol. The summed E-state index contributed by atoms with van der Waals surface area (Å²) in [6.45, 7) is 0. The van der Waals surface area contributed by atoms with E-state index in [-0.39, 0.29) is 75.8 Å². The van der Waals surface area contributed by atoms with Crippen LogP contribution in [0.4, 0.5) is 16.4 Å². The molecule has 2 fully saturated rings. The summed E-state index contributed by atoms with van der Waals surface area (Å²) in [5, 5.41) is 38.8. The van der Waals surface area contributed by atoms with Crippen molar-refractivity contribution >= 4 is 59.0 Å². The topological polar surface area (TPSA) is 257 Å². The van der Waals surface area contributed by atoms with Crippen molar-refractivity contribution in [1.29, 1.82) is 0 Å². The summed E-state index contributed by atoms with van der Waals surface area (Å²) < 4.78 is 1.43. The van der Waals surface area contributed by atoms with E-state index in [9.17, 15) is 34.2 Å². The van der Waals surface area contributed by atoms with Gasteiger partial charge in [0, 0.05) is 24.6 Å². The molecule has 1 aromatic carbocycles. The number of carboxylic acid groups (broad SMARTS) is 1. The minimum Gasteiger partial charge on any atom is -0.543 e. The first-order valence-electron chi connectivity index (χ1n) is 15.3. The number of phenols is 1. The van der Waals surface area contributed by atoms with Gasteiger partial charge in [-0.2, -0.15) is 0 Å². The molecule has 3 aliphatic rings. The van der Waals surface area contributed by atoms with Gasteiger partial charge >= 0.3 is 35.6 Å². The van der Waals surface area contributed by atoms with Crippen LogP contribution in [0.15, 0.2) is 51.7 Å². The Kier molecular flexibility index (Phi) is 11.8. The molecule has 1 aliphatic carbocycles. The molecule has 4 heterocycles. The number of rotatable bonds is 11. The van der Waals surface area contributed by atoms with Crippen molar-refractivity contribution in [2.45, 2.75) is 60.8 Å². The number of amides is 4. The molecule has 50 heavy (non-hydrogen) atoms. The van der Waals surface area contributed by atoms with E-state index >= 15 is 0 Å². The molecule has 2 aliphatic heterocycles. The second kappa shape index (κ2) is 15.8. The van der Waals surface area contributed by atoms with Gasteiger partial charge in [0.05, 0.1) is 17.9 Å². The number of anilines is 2. The van der Waals surface area contributed by atoms with Crippen molar-refractivity contribution in [3.05, 3.63) is 57.6 Å². The number of benzene rings is 1. The van der Waals surface area contributed by atoms with Crippen LogP contribution >= 0.6 is 23.5 Å². The minimum atomic E-state index is -1.59. The van der Waals surface area contributed by atoms with E-state index in [1.54, 1.807) is 7.05 Å². The maximum atomic E-state index is 14.0. The maximum absolute atomic E-state index is 14.0. The van der Waals surface area contributed by atoms with Crippen LogP contribution in [0.1, 0.15) is 43.7 Å². The van der Waals surface area contributed by atoms with E-state index in [2.05, 4.69) is 36.1 Å². The predicted octanol–water partition coefficient (Wildman–Crippen LogP) is -3.43. The van der Waals surface area contributed by atoms with Crippen LogP contribution in [0, 0.1) is 0 Å². The number of aryl methyl sites for hydroxylation is 1. The third kappa shape index (κ3) is 7.63. The number of nitrogens with zero attached hydrogens (tertiary/aromatic N) is 7. The number of phenolic OH excluding ortho intramolecular Hbond substituents is 1. The summed E-state index contributed by atoms with van der Waals surface area (Å²) in [5.41, 5.74) is 4.98. The fraction of sp³-hybridized carbons (Fsp3) is 0.414. The number of nitrogens with one attached hydrogen (secondary N) is 3. The Morgan fingerprint density at radius 2 is 1.92 bits per heavy atom. The molecule has 18 nitrogen and oxygen atoms in total. The van der Waals surface area contributed by atoms with Crippen LogP contribution in [0.2, 0.25) is 0 Å². The Hall–Kier alpha value is -4.11. The zero-order valence-electron chi connectivity index (χ0n) is 27.1. The quantitative estimate of drug-likeness (QED) is 0.0731. The first kappa shape index (κ1) is 37.2. The number of fused-ring (bicyclic) bond motifs is 1. The van der Waals surface area contributed by atoms with Gasteiger partial charge in [0.25, 0.3) is 11.5 Å². The number of carbonyl (C=O) groups is 4. The van der Waals surface area contributed by atoms with Gasteiger partial charge in [0.15, 0.2) is 0 Å². The average molecular weight is 734 g/mol. The number of urea groups is 1. The third-order valence-corrected chi connectivity index (χ3v) is 10.9. The number of nitrogens with two attached hydrogens (primary N) is 1. The number of thioether (sulfide) groups is 2. The number of aromatic nitrogens is 6. The van der Waals surface area contributed by atoms with Crippen LogP contribution < -0.4 is 61.5 Å². The molecule has 1 saturated heterocycles. The summed E-state index contributed by atoms with van der Waals surface area (Å²) >= 11 is 2.43. The Labute approximate surface area is 315 Å². The number of tetrazole rings is 1. The number of carbonyl (C=O) groups excluding carboxylic acids is 4. The molecule has 0 bridgehead atoms. The van der Waals surface area contributed by atoms with Crippen molar-refractivity contribution in [3.63, 3.8) is 0 Å². The van der Waals surface area contributed by atoms with Crippen LogP contribution in [0.25, 0.3) is 0 Å². The van der Waals surface area contributed by atoms with E-state index in [1.165, 1.54) is 52.5 Å². The van der Waals surface area contributed by atoms with Crippen molar-refractivity contribution in [1.82, 2.24) is 40.4 Å². The number of β-lactam (4-membered cyclic amide) rings is 1. The number of aliphatic carboxylic acids is 1. The summed E-state index contributed by atoms with van der Waals surface area (Å²) in [4.78, 5) is 74.7. The van der Waals surface area contributed by atoms with Crippen molar-refractivity contribution < 1.29 is 58.9 Å². The molecule has 2 aromatic heterocycles. The summed E-state index contributed by atoms with van der Waals surface area (Å²) in [6.07, 6.45) is 6.20. The van der Waals surface area contributed by atoms with Gasteiger partial charge < -0.3 is 31.4 Å². The molecule has 1 saturated carbocycles. The van der Waals surface area contributed by atoms with Gasteiger partial charge in [-0.25, -0.2) is 14.5 Å². The van der Waals surface area contributed by atoms with E-state index in [4.69, 9.17) is 5.73 Å². The SMILES string of the molecule is Cn1nnnc1SCC1=C(C(=O)[O-])N2C(=O)C(NC(=O)C(c3ccc(O)cc3)N(C(N)=O)c3cnc(NC4CCCCC4)[nH]c3=O)[C@@H]2SC1.[Na+]. The van der Waals surface area contributed by atoms with Gasteiger partial charge in [0.1, 0.15) is 28.9 Å². The number of hydrogen-bond donors (Lipinski definition) is 5. The van der Waals surface area contributed by atoms with Crippen LogP contribution in [-0.4, -0.2) is 93.0 Å². The zero-order chi connectivity index (χ0) is 34.8. The number of H-pyrrole nitrogens is 1. The molecule has 21 heteroatoms. The largest absolute Gasteiger partial charge is 1.00 e. The number of hydrogen-bond acceptors (Lipinski definition) is 14. The molecular formula is C29H32N11NaO7S2. The second-order valence-electron chi connectivity index (χ2n) is 11.6. The average Bonchev–Trinajstić information content (AvgIpc) is 3.50. The first-order chi connectivity index (χ1) is 23.5. The Morgan fingerprint density at radius 3 is 2.54 bits per heavy atom. The fourth-order valence-corrected chi connectivity index (χ4v) is 8.38. The number of aromatic amines is 1. The van der Waals surface area contributed by atoms with Gasteiger partial charge in [0.2, 0.25) is 17.0 Å². The summed E-state index contributed by atoms with van der Waals surface area (Å²) in [5.74, 6) is -2.69. The van der Waals surface area contributed by atoms with Crippen molar-refractivity contribution in [2.75, 3.05) is 21.7 Å². The van der Waals surface area contributed by atoms with Crippen molar-refractivity contribution in [2.24, 2.45) is 12.8 Å². The molecule has 6 N–H and O–H groups in total. The number of carboxylic acids is 1. The van der Waals surface area contributed by atoms with Gasteiger partial charge in [-0.05, 0) is 46.5 Å². The molecule has 3 atom stereocenters. The molecule has 0 radical (unpaired) electrons. The summed E-state index contributed by atoms with van der Waals surface area (Å²) in [6, 6.07) is 1.50. The summed E-state index contributed by atoms with van der Waals surface area (Å²) in [7, 11) is 1.64.